The zero-order valence-electron chi connectivity index (χ0n) is 12.7. The number of ether oxygens (including phenoxy) is 1. The summed E-state index contributed by atoms with van der Waals surface area (Å²) in [5.41, 5.74) is 6.59. The van der Waals surface area contributed by atoms with Gasteiger partial charge in [-0.1, -0.05) is 12.1 Å². The van der Waals surface area contributed by atoms with Crippen molar-refractivity contribution in [3.05, 3.63) is 29.8 Å². The van der Waals surface area contributed by atoms with Gasteiger partial charge < -0.3 is 10.5 Å². The van der Waals surface area contributed by atoms with E-state index in [1.54, 1.807) is 26.0 Å². The fourth-order valence-electron chi connectivity index (χ4n) is 1.82. The highest BCUT2D eigenvalue weighted by Crippen LogP contribution is 2.20. The average Bonchev–Trinajstić information content (AvgIpc) is 2.43. The van der Waals surface area contributed by atoms with Crippen LogP contribution in [0.1, 0.15) is 32.4 Å². The molecule has 7 heteroatoms. The fraction of sp³-hybridized carbons (Fsp3) is 0.500. The number of rotatable bonds is 6. The first-order valence-electron chi connectivity index (χ1n) is 6.64. The van der Waals surface area contributed by atoms with Gasteiger partial charge in [0, 0.05) is 12.1 Å². The second-order valence-electron chi connectivity index (χ2n) is 5.08. The molecular weight excluding hydrogens is 292 g/mol. The molecule has 1 rings (SSSR count). The first kappa shape index (κ1) is 17.6. The molecule has 2 N–H and O–H groups in total. The number of nitrogens with two attached hydrogens (primary N) is 1. The van der Waals surface area contributed by atoms with Crippen LogP contribution in [0, 0.1) is 0 Å². The van der Waals surface area contributed by atoms with Crippen molar-refractivity contribution >= 4 is 16.0 Å². The van der Waals surface area contributed by atoms with E-state index < -0.39 is 16.0 Å². The van der Waals surface area contributed by atoms with Crippen LogP contribution >= 0.6 is 0 Å². The van der Waals surface area contributed by atoms with Crippen molar-refractivity contribution in [2.45, 2.75) is 37.8 Å². The minimum absolute atomic E-state index is 0.129. The van der Waals surface area contributed by atoms with E-state index >= 15 is 0 Å². The van der Waals surface area contributed by atoms with E-state index in [0.29, 0.717) is 0 Å². The van der Waals surface area contributed by atoms with Gasteiger partial charge in [0.15, 0.2) is 0 Å². The van der Waals surface area contributed by atoms with Crippen molar-refractivity contribution in [1.82, 2.24) is 4.31 Å². The molecule has 1 aromatic carbocycles. The largest absolute Gasteiger partial charge is 0.468 e. The number of methoxy groups -OCH3 is 1. The zero-order valence-corrected chi connectivity index (χ0v) is 13.6. The van der Waals surface area contributed by atoms with Gasteiger partial charge in [0.2, 0.25) is 10.0 Å². The van der Waals surface area contributed by atoms with E-state index in [0.717, 1.165) is 9.87 Å². The molecule has 0 aromatic heterocycles. The van der Waals surface area contributed by atoms with Gasteiger partial charge in [0.05, 0.1) is 12.0 Å². The molecule has 0 aliphatic heterocycles. The Bertz CT molecular complexity index is 579. The predicted molar refractivity (Wildman–Crippen MR) is 80.1 cm³/mol. The SMILES string of the molecule is COC(=O)CN(C(C)C)S(=O)(=O)c1ccc(C(C)N)cc1. The maximum Gasteiger partial charge on any atom is 0.321 e. The summed E-state index contributed by atoms with van der Waals surface area (Å²) < 4.78 is 30.8. The lowest BCUT2D eigenvalue weighted by Gasteiger charge is -2.24. The summed E-state index contributed by atoms with van der Waals surface area (Å²) in [7, 11) is -2.53. The second kappa shape index (κ2) is 7.02. The van der Waals surface area contributed by atoms with Gasteiger partial charge in [0.1, 0.15) is 6.54 Å². The molecule has 0 saturated carbocycles. The highest BCUT2D eigenvalue weighted by atomic mass is 32.2. The molecule has 0 amide bonds. The van der Waals surface area contributed by atoms with Crippen LogP contribution in [0.15, 0.2) is 29.2 Å². The number of benzene rings is 1. The monoisotopic (exact) mass is 314 g/mol. The number of hydrogen-bond donors (Lipinski definition) is 1. The van der Waals surface area contributed by atoms with Crippen LogP contribution in [0.4, 0.5) is 0 Å². The minimum Gasteiger partial charge on any atom is -0.468 e. The van der Waals surface area contributed by atoms with E-state index in [1.807, 2.05) is 6.92 Å². The molecule has 21 heavy (non-hydrogen) atoms. The maximum atomic E-state index is 12.6. The van der Waals surface area contributed by atoms with Gasteiger partial charge in [-0.05, 0) is 38.5 Å². The van der Waals surface area contributed by atoms with E-state index in [-0.39, 0.29) is 23.5 Å². The number of hydrogen-bond acceptors (Lipinski definition) is 5. The molecule has 0 bridgehead atoms. The highest BCUT2D eigenvalue weighted by Gasteiger charge is 2.29. The third-order valence-electron chi connectivity index (χ3n) is 3.10. The number of nitrogens with zero attached hydrogens (tertiary/aromatic N) is 1. The molecule has 0 fully saturated rings. The van der Waals surface area contributed by atoms with Crippen LogP contribution in [0.3, 0.4) is 0 Å². The molecule has 1 unspecified atom stereocenters. The molecule has 0 aliphatic rings. The van der Waals surface area contributed by atoms with E-state index in [4.69, 9.17) is 5.73 Å². The Morgan fingerprint density at radius 1 is 1.24 bits per heavy atom. The first-order valence-corrected chi connectivity index (χ1v) is 8.08. The molecule has 6 nitrogen and oxygen atoms in total. The Labute approximate surface area is 125 Å². The van der Waals surface area contributed by atoms with Crippen molar-refractivity contribution in [2.75, 3.05) is 13.7 Å². The smallest absolute Gasteiger partial charge is 0.321 e. The highest BCUT2D eigenvalue weighted by molar-refractivity contribution is 7.89. The lowest BCUT2D eigenvalue weighted by Crippen LogP contribution is -2.41. The van der Waals surface area contributed by atoms with Gasteiger partial charge in [-0.25, -0.2) is 8.42 Å². The Hall–Kier alpha value is -1.44. The van der Waals surface area contributed by atoms with Crippen molar-refractivity contribution in [1.29, 1.82) is 0 Å². The standard InChI is InChI=1S/C14H22N2O4S/c1-10(2)16(9-14(17)20-4)21(18,19)13-7-5-12(6-8-13)11(3)15/h5-8,10-11H,9,15H2,1-4H3. The maximum absolute atomic E-state index is 12.6. The molecule has 0 radical (unpaired) electrons. The third-order valence-corrected chi connectivity index (χ3v) is 5.14. The number of esters is 1. The van der Waals surface area contributed by atoms with Gasteiger partial charge in [-0.15, -0.1) is 0 Å². The van der Waals surface area contributed by atoms with Gasteiger partial charge in [0.25, 0.3) is 0 Å². The summed E-state index contributed by atoms with van der Waals surface area (Å²) in [6, 6.07) is 5.82. The summed E-state index contributed by atoms with van der Waals surface area (Å²) in [4.78, 5) is 11.5. The Balaban J connectivity index is 3.13. The first-order chi connectivity index (χ1) is 9.70. The van der Waals surface area contributed by atoms with Crippen LogP contribution in [0.5, 0.6) is 0 Å². The lowest BCUT2D eigenvalue weighted by atomic mass is 10.1. The predicted octanol–water partition coefficient (Wildman–Crippen LogP) is 1.28. The molecule has 0 spiro atoms. The molecule has 1 atom stereocenters. The number of carbonyl (C=O) groups excluding carboxylic acids is 1. The van der Waals surface area contributed by atoms with Crippen LogP contribution in [-0.4, -0.2) is 38.4 Å². The molecule has 1 aromatic rings. The van der Waals surface area contributed by atoms with Crippen LogP contribution in [0.2, 0.25) is 0 Å². The molecule has 118 valence electrons. The van der Waals surface area contributed by atoms with E-state index in [9.17, 15) is 13.2 Å². The van der Waals surface area contributed by atoms with Crippen LogP contribution in [0.25, 0.3) is 0 Å². The normalized spacial score (nSPS) is 13.5. The topological polar surface area (TPSA) is 89.7 Å². The quantitative estimate of drug-likeness (QED) is 0.799. The summed E-state index contributed by atoms with van der Waals surface area (Å²) >= 11 is 0. The molecular formula is C14H22N2O4S. The lowest BCUT2D eigenvalue weighted by molar-refractivity contribution is -0.141. The van der Waals surface area contributed by atoms with Crippen molar-refractivity contribution in [2.24, 2.45) is 5.73 Å². The van der Waals surface area contributed by atoms with E-state index in [1.165, 1.54) is 19.2 Å². The summed E-state index contributed by atoms with van der Waals surface area (Å²) in [5, 5.41) is 0. The molecule has 0 heterocycles. The fourth-order valence-corrected chi connectivity index (χ4v) is 3.40. The summed E-state index contributed by atoms with van der Waals surface area (Å²) in [6.07, 6.45) is 0. The Kier molecular flexibility index (Phi) is 5.88. The van der Waals surface area contributed by atoms with Crippen molar-refractivity contribution < 1.29 is 17.9 Å². The van der Waals surface area contributed by atoms with Gasteiger partial charge in [-0.3, -0.25) is 4.79 Å². The minimum atomic E-state index is -3.76. The second-order valence-corrected chi connectivity index (χ2v) is 6.97. The summed E-state index contributed by atoms with van der Waals surface area (Å²) in [6.45, 7) is 4.92. The van der Waals surface area contributed by atoms with Gasteiger partial charge >= 0.3 is 5.97 Å². The molecule has 0 aliphatic carbocycles. The summed E-state index contributed by atoms with van der Waals surface area (Å²) in [5.74, 6) is -0.598. The number of sulfonamides is 1. The number of carbonyl (C=O) groups is 1. The van der Waals surface area contributed by atoms with Crippen LogP contribution < -0.4 is 5.73 Å². The van der Waals surface area contributed by atoms with E-state index in [2.05, 4.69) is 4.74 Å². The average molecular weight is 314 g/mol. The molecule has 0 saturated heterocycles. The van der Waals surface area contributed by atoms with Crippen molar-refractivity contribution in [3.8, 4) is 0 Å². The third kappa shape index (κ3) is 4.26. The van der Waals surface area contributed by atoms with Crippen LogP contribution in [-0.2, 0) is 19.6 Å². The van der Waals surface area contributed by atoms with Crippen molar-refractivity contribution in [3.63, 3.8) is 0 Å². The Morgan fingerprint density at radius 2 is 1.76 bits per heavy atom. The van der Waals surface area contributed by atoms with Gasteiger partial charge in [-0.2, -0.15) is 4.31 Å². The Morgan fingerprint density at radius 3 is 2.14 bits per heavy atom. The zero-order chi connectivity index (χ0) is 16.2.